The summed E-state index contributed by atoms with van der Waals surface area (Å²) in [5, 5.41) is 20.0. The van der Waals surface area contributed by atoms with Crippen molar-refractivity contribution >= 4 is 28.2 Å². The Hall–Kier alpha value is -1.15. The van der Waals surface area contributed by atoms with E-state index < -0.39 is 0 Å². The fraction of sp³-hybridized carbons (Fsp3) is 0.600. The molecule has 0 saturated heterocycles. The monoisotopic (exact) mass is 285 g/mol. The number of rotatable bonds is 4. The third-order valence-electron chi connectivity index (χ3n) is 1.78. The molecule has 0 aliphatic rings. The summed E-state index contributed by atoms with van der Waals surface area (Å²) >= 11 is 3.07. The van der Waals surface area contributed by atoms with Crippen molar-refractivity contribution in [3.63, 3.8) is 0 Å². The second-order valence-electron chi connectivity index (χ2n) is 4.75. The number of nitrogens with zero attached hydrogens (tertiary/aromatic N) is 4. The van der Waals surface area contributed by atoms with E-state index in [1.54, 1.807) is 18.7 Å². The van der Waals surface area contributed by atoms with Crippen LogP contribution in [-0.4, -0.2) is 25.9 Å². The average Bonchev–Trinajstić information content (AvgIpc) is 2.82. The maximum absolute atomic E-state index is 5.29. The van der Waals surface area contributed by atoms with Crippen molar-refractivity contribution in [2.24, 2.45) is 0 Å². The minimum atomic E-state index is -0.00886. The molecule has 1 N–H and O–H groups in total. The Kier molecular flexibility index (Phi) is 3.86. The van der Waals surface area contributed by atoms with Gasteiger partial charge in [0.05, 0.1) is 5.75 Å². The van der Waals surface area contributed by atoms with Gasteiger partial charge in [0, 0.05) is 12.5 Å². The number of thioether (sulfide) groups is 1. The van der Waals surface area contributed by atoms with Crippen LogP contribution in [-0.2, 0) is 5.75 Å². The molecule has 0 spiro atoms. The lowest BCUT2D eigenvalue weighted by atomic mass is 10.1. The zero-order chi connectivity index (χ0) is 13.2. The SMILES string of the molecule is Cc1nnc(CSc2nnc(NC(C)(C)C)s2)o1. The maximum atomic E-state index is 5.29. The summed E-state index contributed by atoms with van der Waals surface area (Å²) in [6.07, 6.45) is 0. The first-order valence-corrected chi connectivity index (χ1v) is 7.26. The number of hydrogen-bond acceptors (Lipinski definition) is 8. The van der Waals surface area contributed by atoms with Crippen LogP contribution >= 0.6 is 23.1 Å². The fourth-order valence-electron chi connectivity index (χ4n) is 1.16. The van der Waals surface area contributed by atoms with Gasteiger partial charge in [-0.2, -0.15) is 0 Å². The molecule has 0 unspecified atom stereocenters. The quantitative estimate of drug-likeness (QED) is 0.865. The highest BCUT2D eigenvalue weighted by Gasteiger charge is 2.13. The van der Waals surface area contributed by atoms with Crippen molar-refractivity contribution < 1.29 is 4.42 Å². The molecule has 0 aliphatic carbocycles. The number of nitrogens with one attached hydrogen (secondary N) is 1. The second-order valence-corrected chi connectivity index (χ2v) is 6.95. The molecule has 2 aromatic rings. The van der Waals surface area contributed by atoms with Crippen LogP contribution in [0.15, 0.2) is 8.76 Å². The van der Waals surface area contributed by atoms with Gasteiger partial charge < -0.3 is 9.73 Å². The Morgan fingerprint density at radius 3 is 2.61 bits per heavy atom. The fourth-order valence-corrected chi connectivity index (χ4v) is 2.96. The lowest BCUT2D eigenvalue weighted by molar-refractivity contribution is 0.485. The maximum Gasteiger partial charge on any atom is 0.226 e. The van der Waals surface area contributed by atoms with Crippen molar-refractivity contribution in [1.29, 1.82) is 0 Å². The van der Waals surface area contributed by atoms with Gasteiger partial charge in [-0.05, 0) is 20.8 Å². The minimum absolute atomic E-state index is 0.00886. The molecule has 0 amide bonds. The predicted molar refractivity (Wildman–Crippen MR) is 71.9 cm³/mol. The third-order valence-corrected chi connectivity index (χ3v) is 3.73. The van der Waals surface area contributed by atoms with Crippen molar-refractivity contribution in [2.45, 2.75) is 43.3 Å². The Balaban J connectivity index is 1.91. The topological polar surface area (TPSA) is 76.7 Å². The van der Waals surface area contributed by atoms with Crippen LogP contribution in [0, 0.1) is 6.92 Å². The first-order valence-electron chi connectivity index (χ1n) is 5.46. The average molecular weight is 285 g/mol. The van der Waals surface area contributed by atoms with E-state index in [-0.39, 0.29) is 5.54 Å². The highest BCUT2D eigenvalue weighted by Crippen LogP contribution is 2.29. The Morgan fingerprint density at radius 1 is 1.22 bits per heavy atom. The zero-order valence-electron chi connectivity index (χ0n) is 10.7. The van der Waals surface area contributed by atoms with Crippen LogP contribution in [0.25, 0.3) is 0 Å². The summed E-state index contributed by atoms with van der Waals surface area (Å²) in [6.45, 7) is 8.03. The summed E-state index contributed by atoms with van der Waals surface area (Å²) in [4.78, 5) is 0. The molecular formula is C10H15N5OS2. The van der Waals surface area contributed by atoms with Crippen LogP contribution in [0.4, 0.5) is 5.13 Å². The summed E-state index contributed by atoms with van der Waals surface area (Å²) in [5.74, 6) is 1.81. The first kappa shape index (κ1) is 13.3. The van der Waals surface area contributed by atoms with Gasteiger partial charge in [0.2, 0.25) is 16.9 Å². The van der Waals surface area contributed by atoms with Crippen LogP contribution in [0.1, 0.15) is 32.6 Å². The predicted octanol–water partition coefficient (Wildman–Crippen LogP) is 2.73. The van der Waals surface area contributed by atoms with Gasteiger partial charge in [-0.25, -0.2) is 0 Å². The van der Waals surface area contributed by atoms with Crippen molar-refractivity contribution in [2.75, 3.05) is 5.32 Å². The lowest BCUT2D eigenvalue weighted by Gasteiger charge is -2.18. The lowest BCUT2D eigenvalue weighted by Crippen LogP contribution is -2.25. The van der Waals surface area contributed by atoms with Crippen molar-refractivity contribution in [1.82, 2.24) is 20.4 Å². The molecular weight excluding hydrogens is 270 g/mol. The van der Waals surface area contributed by atoms with E-state index in [2.05, 4.69) is 46.5 Å². The number of anilines is 1. The van der Waals surface area contributed by atoms with Gasteiger partial charge in [0.1, 0.15) is 0 Å². The Labute approximate surface area is 114 Å². The number of aromatic nitrogens is 4. The summed E-state index contributed by atoms with van der Waals surface area (Å²) in [7, 11) is 0. The number of aryl methyl sites for hydroxylation is 1. The minimum Gasteiger partial charge on any atom is -0.425 e. The second kappa shape index (κ2) is 5.23. The Morgan fingerprint density at radius 2 is 2.00 bits per heavy atom. The summed E-state index contributed by atoms with van der Waals surface area (Å²) < 4.78 is 6.18. The van der Waals surface area contributed by atoms with E-state index in [4.69, 9.17) is 4.42 Å². The highest BCUT2D eigenvalue weighted by atomic mass is 32.2. The summed E-state index contributed by atoms with van der Waals surface area (Å²) in [5.41, 5.74) is -0.00886. The van der Waals surface area contributed by atoms with E-state index in [1.807, 2.05) is 0 Å². The van der Waals surface area contributed by atoms with Crippen LogP contribution in [0.3, 0.4) is 0 Å². The van der Waals surface area contributed by atoms with Gasteiger partial charge in [0.25, 0.3) is 0 Å². The van der Waals surface area contributed by atoms with Crippen LogP contribution in [0.2, 0.25) is 0 Å². The highest BCUT2D eigenvalue weighted by molar-refractivity contribution is 8.00. The molecule has 0 fully saturated rings. The van der Waals surface area contributed by atoms with Crippen LogP contribution in [0.5, 0.6) is 0 Å². The summed E-state index contributed by atoms with van der Waals surface area (Å²) in [6, 6.07) is 0. The molecule has 8 heteroatoms. The number of hydrogen-bond donors (Lipinski definition) is 1. The molecule has 2 rings (SSSR count). The zero-order valence-corrected chi connectivity index (χ0v) is 12.4. The van der Waals surface area contributed by atoms with Crippen molar-refractivity contribution in [3.8, 4) is 0 Å². The standard InChI is InChI=1S/C10H15N5OS2/c1-6-12-13-7(16-6)5-17-9-15-14-8(18-9)11-10(2,3)4/h5H2,1-4H3,(H,11,14). The molecule has 0 atom stereocenters. The molecule has 0 aromatic carbocycles. The largest absolute Gasteiger partial charge is 0.425 e. The van der Waals surface area contributed by atoms with Gasteiger partial charge in [-0.1, -0.05) is 23.1 Å². The van der Waals surface area contributed by atoms with Gasteiger partial charge in [0.15, 0.2) is 4.34 Å². The molecule has 0 radical (unpaired) electrons. The molecule has 0 bridgehead atoms. The molecule has 0 aliphatic heterocycles. The van der Waals surface area contributed by atoms with Gasteiger partial charge in [-0.3, -0.25) is 0 Å². The van der Waals surface area contributed by atoms with Gasteiger partial charge >= 0.3 is 0 Å². The molecule has 6 nitrogen and oxygen atoms in total. The Bertz CT molecular complexity index is 516. The van der Waals surface area contributed by atoms with E-state index in [0.717, 1.165) is 9.47 Å². The molecule has 98 valence electrons. The van der Waals surface area contributed by atoms with E-state index in [9.17, 15) is 0 Å². The van der Waals surface area contributed by atoms with E-state index >= 15 is 0 Å². The smallest absolute Gasteiger partial charge is 0.226 e. The van der Waals surface area contributed by atoms with E-state index in [1.165, 1.54) is 11.3 Å². The third kappa shape index (κ3) is 3.95. The molecule has 2 aromatic heterocycles. The van der Waals surface area contributed by atoms with E-state index in [0.29, 0.717) is 17.5 Å². The van der Waals surface area contributed by atoms with Crippen LogP contribution < -0.4 is 5.32 Å². The normalized spacial score (nSPS) is 11.8. The first-order chi connectivity index (χ1) is 8.42. The van der Waals surface area contributed by atoms with Crippen molar-refractivity contribution in [3.05, 3.63) is 11.8 Å². The molecule has 0 saturated carbocycles. The molecule has 2 heterocycles. The molecule has 18 heavy (non-hydrogen) atoms. The van der Waals surface area contributed by atoms with Gasteiger partial charge in [-0.15, -0.1) is 20.4 Å².